The first-order valence-corrected chi connectivity index (χ1v) is 5.67. The van der Waals surface area contributed by atoms with Gasteiger partial charge in [-0.2, -0.15) is 0 Å². The van der Waals surface area contributed by atoms with E-state index in [1.165, 1.54) is 12.1 Å². The third-order valence-electron chi connectivity index (χ3n) is 3.03. The van der Waals surface area contributed by atoms with Crippen LogP contribution in [-0.2, 0) is 0 Å². The third kappa shape index (κ3) is 2.37. The van der Waals surface area contributed by atoms with Crippen LogP contribution in [0.5, 0.6) is 0 Å². The van der Waals surface area contributed by atoms with E-state index in [0.29, 0.717) is 0 Å². The van der Waals surface area contributed by atoms with E-state index in [9.17, 15) is 4.39 Å². The summed E-state index contributed by atoms with van der Waals surface area (Å²) in [5, 5.41) is 0. The number of hydrogen-bond acceptors (Lipinski definition) is 1. The molecule has 1 unspecified atom stereocenters. The van der Waals surface area contributed by atoms with Gasteiger partial charge in [0.1, 0.15) is 5.82 Å². The van der Waals surface area contributed by atoms with Gasteiger partial charge in [0.15, 0.2) is 0 Å². The first-order valence-electron chi connectivity index (χ1n) is 5.67. The van der Waals surface area contributed by atoms with Crippen LogP contribution in [0.3, 0.4) is 0 Å². The summed E-state index contributed by atoms with van der Waals surface area (Å²) in [6, 6.07) is 12.7. The molecule has 1 atom stereocenters. The Morgan fingerprint density at radius 2 is 1.53 bits per heavy atom. The lowest BCUT2D eigenvalue weighted by atomic mass is 9.92. The van der Waals surface area contributed by atoms with Gasteiger partial charge in [0.25, 0.3) is 0 Å². The van der Waals surface area contributed by atoms with Crippen molar-refractivity contribution in [3.8, 4) is 0 Å². The molecule has 0 radical (unpaired) electrons. The maximum atomic E-state index is 13.2. The van der Waals surface area contributed by atoms with Crippen LogP contribution in [0, 0.1) is 19.7 Å². The van der Waals surface area contributed by atoms with Crippen molar-refractivity contribution in [2.24, 2.45) is 5.73 Å². The van der Waals surface area contributed by atoms with Crippen LogP contribution < -0.4 is 5.73 Å². The monoisotopic (exact) mass is 229 g/mol. The average Bonchev–Trinajstić information content (AvgIpc) is 2.28. The highest BCUT2D eigenvalue weighted by atomic mass is 19.1. The van der Waals surface area contributed by atoms with Crippen molar-refractivity contribution in [2.75, 3.05) is 0 Å². The molecule has 2 N–H and O–H groups in total. The van der Waals surface area contributed by atoms with E-state index in [1.807, 2.05) is 44.2 Å². The molecule has 2 aromatic carbocycles. The van der Waals surface area contributed by atoms with Crippen LogP contribution in [-0.4, -0.2) is 0 Å². The first-order chi connectivity index (χ1) is 8.09. The third-order valence-corrected chi connectivity index (χ3v) is 3.03. The predicted molar refractivity (Wildman–Crippen MR) is 68.3 cm³/mol. The highest BCUT2D eigenvalue weighted by Crippen LogP contribution is 2.26. The van der Waals surface area contributed by atoms with Crippen molar-refractivity contribution in [3.63, 3.8) is 0 Å². The van der Waals surface area contributed by atoms with Gasteiger partial charge in [0.2, 0.25) is 0 Å². The molecule has 2 rings (SSSR count). The number of benzene rings is 2. The summed E-state index contributed by atoms with van der Waals surface area (Å²) in [4.78, 5) is 0. The summed E-state index contributed by atoms with van der Waals surface area (Å²) in [6.45, 7) is 3.79. The van der Waals surface area contributed by atoms with Crippen LogP contribution in [0.4, 0.5) is 4.39 Å². The molecule has 0 saturated carbocycles. The van der Waals surface area contributed by atoms with Crippen molar-refractivity contribution in [1.29, 1.82) is 0 Å². The number of rotatable bonds is 2. The SMILES string of the molecule is Cc1cc(F)cc(C)c1C(N)c1ccccc1. The van der Waals surface area contributed by atoms with Crippen molar-refractivity contribution in [2.45, 2.75) is 19.9 Å². The highest BCUT2D eigenvalue weighted by molar-refractivity contribution is 5.41. The van der Waals surface area contributed by atoms with Gasteiger partial charge >= 0.3 is 0 Å². The number of aryl methyl sites for hydroxylation is 2. The molecule has 0 spiro atoms. The second-order valence-electron chi connectivity index (χ2n) is 4.34. The van der Waals surface area contributed by atoms with E-state index in [-0.39, 0.29) is 11.9 Å². The van der Waals surface area contributed by atoms with E-state index >= 15 is 0 Å². The molecule has 0 amide bonds. The zero-order valence-electron chi connectivity index (χ0n) is 10.1. The molecule has 0 saturated heterocycles. The molecule has 0 aromatic heterocycles. The Balaban J connectivity index is 2.48. The molecule has 0 aliphatic rings. The fourth-order valence-corrected chi connectivity index (χ4v) is 2.24. The maximum Gasteiger partial charge on any atom is 0.123 e. The summed E-state index contributed by atoms with van der Waals surface area (Å²) in [6.07, 6.45) is 0. The summed E-state index contributed by atoms with van der Waals surface area (Å²) < 4.78 is 13.2. The predicted octanol–water partition coefficient (Wildman–Crippen LogP) is 3.49. The minimum atomic E-state index is -0.205. The van der Waals surface area contributed by atoms with Gasteiger partial charge in [0.05, 0.1) is 6.04 Å². The van der Waals surface area contributed by atoms with Crippen molar-refractivity contribution >= 4 is 0 Å². The van der Waals surface area contributed by atoms with Crippen LogP contribution in [0.1, 0.15) is 28.3 Å². The quantitative estimate of drug-likeness (QED) is 0.838. The Morgan fingerprint density at radius 1 is 1.00 bits per heavy atom. The van der Waals surface area contributed by atoms with Crippen molar-refractivity contribution in [3.05, 3.63) is 70.5 Å². The number of halogens is 1. The van der Waals surface area contributed by atoms with Gasteiger partial charge in [-0.25, -0.2) is 4.39 Å². The standard InChI is InChI=1S/C15H16FN/c1-10-8-13(16)9-11(2)14(10)15(17)12-6-4-3-5-7-12/h3-9,15H,17H2,1-2H3. The van der Waals surface area contributed by atoms with E-state index in [0.717, 1.165) is 22.3 Å². The smallest absolute Gasteiger partial charge is 0.123 e. The topological polar surface area (TPSA) is 26.0 Å². The normalized spacial score (nSPS) is 12.5. The molecule has 0 aliphatic heterocycles. The van der Waals surface area contributed by atoms with E-state index in [2.05, 4.69) is 0 Å². The van der Waals surface area contributed by atoms with Crippen LogP contribution in [0.25, 0.3) is 0 Å². The lowest BCUT2D eigenvalue weighted by Gasteiger charge is -2.18. The van der Waals surface area contributed by atoms with Crippen LogP contribution in [0.2, 0.25) is 0 Å². The largest absolute Gasteiger partial charge is 0.320 e. The zero-order chi connectivity index (χ0) is 12.4. The number of hydrogen-bond donors (Lipinski definition) is 1. The molecule has 2 aromatic rings. The van der Waals surface area contributed by atoms with E-state index in [1.54, 1.807) is 0 Å². The summed E-state index contributed by atoms with van der Waals surface area (Å²) in [5.41, 5.74) is 10.1. The minimum absolute atomic E-state index is 0.197. The second kappa shape index (κ2) is 4.68. The number of nitrogens with two attached hydrogens (primary N) is 1. The van der Waals surface area contributed by atoms with Crippen molar-refractivity contribution in [1.82, 2.24) is 0 Å². The van der Waals surface area contributed by atoms with Crippen molar-refractivity contribution < 1.29 is 4.39 Å². The molecule has 0 heterocycles. The molecule has 0 aliphatic carbocycles. The lowest BCUT2D eigenvalue weighted by molar-refractivity contribution is 0.623. The summed E-state index contributed by atoms with van der Waals surface area (Å²) in [7, 11) is 0. The fourth-order valence-electron chi connectivity index (χ4n) is 2.24. The Bertz CT molecular complexity index is 497. The summed E-state index contributed by atoms with van der Waals surface area (Å²) >= 11 is 0. The van der Waals surface area contributed by atoms with E-state index < -0.39 is 0 Å². The molecule has 0 bridgehead atoms. The summed E-state index contributed by atoms with van der Waals surface area (Å²) in [5.74, 6) is -0.205. The van der Waals surface area contributed by atoms with Gasteiger partial charge in [0, 0.05) is 0 Å². The molecule has 0 fully saturated rings. The lowest BCUT2D eigenvalue weighted by Crippen LogP contribution is -2.15. The van der Waals surface area contributed by atoms with Crippen LogP contribution >= 0.6 is 0 Å². The molecular weight excluding hydrogens is 213 g/mol. The van der Waals surface area contributed by atoms with Crippen LogP contribution in [0.15, 0.2) is 42.5 Å². The van der Waals surface area contributed by atoms with Gasteiger partial charge in [-0.3, -0.25) is 0 Å². The maximum absolute atomic E-state index is 13.2. The second-order valence-corrected chi connectivity index (χ2v) is 4.34. The van der Waals surface area contributed by atoms with Gasteiger partial charge in [-0.15, -0.1) is 0 Å². The minimum Gasteiger partial charge on any atom is -0.320 e. The molecule has 2 heteroatoms. The Morgan fingerprint density at radius 3 is 2.06 bits per heavy atom. The molecule has 17 heavy (non-hydrogen) atoms. The molecule has 88 valence electrons. The first kappa shape index (κ1) is 11.8. The molecular formula is C15H16FN. The zero-order valence-corrected chi connectivity index (χ0v) is 10.1. The van der Waals surface area contributed by atoms with Gasteiger partial charge in [-0.05, 0) is 48.2 Å². The fraction of sp³-hybridized carbons (Fsp3) is 0.200. The van der Waals surface area contributed by atoms with E-state index in [4.69, 9.17) is 5.73 Å². The highest BCUT2D eigenvalue weighted by Gasteiger charge is 2.14. The average molecular weight is 229 g/mol. The molecule has 1 nitrogen and oxygen atoms in total. The Hall–Kier alpha value is -1.67. The van der Waals surface area contributed by atoms with Gasteiger partial charge < -0.3 is 5.73 Å². The van der Waals surface area contributed by atoms with Gasteiger partial charge in [-0.1, -0.05) is 30.3 Å². The Labute approximate surface area is 101 Å². The Kier molecular flexibility index (Phi) is 3.25.